The summed E-state index contributed by atoms with van der Waals surface area (Å²) >= 11 is 0. The molecule has 0 aromatic carbocycles. The van der Waals surface area contributed by atoms with Gasteiger partial charge in [0.25, 0.3) is 0 Å². The van der Waals surface area contributed by atoms with Gasteiger partial charge in [0, 0.05) is 13.1 Å². The maximum Gasteiger partial charge on any atom is 0.239 e. The van der Waals surface area contributed by atoms with Gasteiger partial charge in [-0.1, -0.05) is 6.42 Å². The number of carbonyl (C=O) groups excluding carboxylic acids is 1. The molecule has 0 saturated carbocycles. The summed E-state index contributed by atoms with van der Waals surface area (Å²) in [6, 6.07) is -0.0491. The molecular weight excluding hydrogens is 232 g/mol. The molecule has 2 rings (SSSR count). The van der Waals surface area contributed by atoms with E-state index >= 15 is 0 Å². The Labute approximate surface area is 108 Å². The highest BCUT2D eigenvalue weighted by Crippen LogP contribution is 2.22. The van der Waals surface area contributed by atoms with Crippen molar-refractivity contribution in [1.82, 2.24) is 10.2 Å². The van der Waals surface area contributed by atoms with Crippen molar-refractivity contribution in [3.05, 3.63) is 0 Å². The van der Waals surface area contributed by atoms with Crippen LogP contribution in [0.15, 0.2) is 0 Å². The minimum absolute atomic E-state index is 0.0364. The number of aliphatic hydroxyl groups is 1. The molecule has 2 aliphatic heterocycles. The molecule has 2 saturated heterocycles. The Kier molecular flexibility index (Phi) is 4.25. The van der Waals surface area contributed by atoms with Gasteiger partial charge in [-0.05, 0) is 33.2 Å². The number of rotatable bonds is 2. The molecule has 18 heavy (non-hydrogen) atoms. The zero-order valence-electron chi connectivity index (χ0n) is 11.3. The Balaban J connectivity index is 1.99. The van der Waals surface area contributed by atoms with Crippen molar-refractivity contribution in [1.29, 1.82) is 0 Å². The van der Waals surface area contributed by atoms with Crippen molar-refractivity contribution < 1.29 is 14.6 Å². The number of morpholine rings is 1. The van der Waals surface area contributed by atoms with E-state index < -0.39 is 0 Å². The quantitative estimate of drug-likeness (QED) is 0.737. The van der Waals surface area contributed by atoms with Gasteiger partial charge < -0.3 is 20.1 Å². The SMILES string of the molecule is CC1(C)CN(C(=O)[C@H]2CCCCN2)CC(CO)O1. The van der Waals surface area contributed by atoms with Gasteiger partial charge >= 0.3 is 0 Å². The highest BCUT2D eigenvalue weighted by molar-refractivity contribution is 5.82. The summed E-state index contributed by atoms with van der Waals surface area (Å²) in [6.45, 7) is 5.91. The molecular formula is C13H24N2O3. The third-order valence-corrected chi connectivity index (χ3v) is 3.61. The smallest absolute Gasteiger partial charge is 0.239 e. The van der Waals surface area contributed by atoms with Crippen molar-refractivity contribution in [2.24, 2.45) is 0 Å². The van der Waals surface area contributed by atoms with Crippen LogP contribution in [0.25, 0.3) is 0 Å². The molecule has 2 aliphatic rings. The third kappa shape index (κ3) is 3.22. The summed E-state index contributed by atoms with van der Waals surface area (Å²) in [6.07, 6.45) is 2.92. The number of nitrogens with one attached hydrogen (secondary N) is 1. The minimum Gasteiger partial charge on any atom is -0.394 e. The fourth-order valence-corrected chi connectivity index (χ4v) is 2.84. The summed E-state index contributed by atoms with van der Waals surface area (Å²) in [5, 5.41) is 12.5. The van der Waals surface area contributed by atoms with E-state index in [1.807, 2.05) is 18.7 Å². The summed E-state index contributed by atoms with van der Waals surface area (Å²) in [5.41, 5.74) is -0.379. The summed E-state index contributed by atoms with van der Waals surface area (Å²) in [7, 11) is 0. The molecule has 0 aromatic heterocycles. The molecule has 0 radical (unpaired) electrons. The predicted molar refractivity (Wildman–Crippen MR) is 68.3 cm³/mol. The van der Waals surface area contributed by atoms with Crippen molar-refractivity contribution in [3.63, 3.8) is 0 Å². The van der Waals surface area contributed by atoms with Crippen molar-refractivity contribution in [2.45, 2.75) is 50.9 Å². The lowest BCUT2D eigenvalue weighted by atomic mass is 10.0. The first-order valence-electron chi connectivity index (χ1n) is 6.83. The normalized spacial score (nSPS) is 32.3. The van der Waals surface area contributed by atoms with Crippen LogP contribution in [0.4, 0.5) is 0 Å². The second-order valence-electron chi connectivity index (χ2n) is 5.90. The molecule has 2 N–H and O–H groups in total. The fraction of sp³-hybridized carbons (Fsp3) is 0.923. The van der Waals surface area contributed by atoms with E-state index in [4.69, 9.17) is 4.74 Å². The van der Waals surface area contributed by atoms with Gasteiger partial charge in [-0.25, -0.2) is 0 Å². The number of carbonyl (C=O) groups is 1. The zero-order valence-corrected chi connectivity index (χ0v) is 11.3. The standard InChI is InChI=1S/C13H24N2O3/c1-13(2)9-15(7-10(8-16)18-13)12(17)11-5-3-4-6-14-11/h10-11,14,16H,3-9H2,1-2H3/t10?,11-/m1/s1. The number of aliphatic hydroxyl groups excluding tert-OH is 1. The number of ether oxygens (including phenoxy) is 1. The molecule has 0 spiro atoms. The minimum atomic E-state index is -0.379. The monoisotopic (exact) mass is 256 g/mol. The molecule has 1 amide bonds. The predicted octanol–water partition coefficient (Wildman–Crippen LogP) is 0.127. The van der Waals surface area contributed by atoms with Gasteiger partial charge in [0.05, 0.1) is 24.4 Å². The lowest BCUT2D eigenvalue weighted by Gasteiger charge is -2.43. The van der Waals surface area contributed by atoms with E-state index in [0.29, 0.717) is 13.1 Å². The molecule has 5 nitrogen and oxygen atoms in total. The van der Waals surface area contributed by atoms with Crippen LogP contribution in [-0.2, 0) is 9.53 Å². The molecule has 1 unspecified atom stereocenters. The van der Waals surface area contributed by atoms with E-state index in [-0.39, 0.29) is 30.3 Å². The number of piperidine rings is 1. The third-order valence-electron chi connectivity index (χ3n) is 3.61. The lowest BCUT2D eigenvalue weighted by Crippen LogP contribution is -2.59. The van der Waals surface area contributed by atoms with Crippen LogP contribution in [0.2, 0.25) is 0 Å². The number of hydrogen-bond acceptors (Lipinski definition) is 4. The van der Waals surface area contributed by atoms with Crippen molar-refractivity contribution in [3.8, 4) is 0 Å². The average molecular weight is 256 g/mol. The largest absolute Gasteiger partial charge is 0.394 e. The topological polar surface area (TPSA) is 61.8 Å². The van der Waals surface area contributed by atoms with Crippen molar-refractivity contribution in [2.75, 3.05) is 26.2 Å². The summed E-state index contributed by atoms with van der Waals surface area (Å²) in [4.78, 5) is 14.3. The second kappa shape index (κ2) is 5.55. The molecule has 2 heterocycles. The van der Waals surface area contributed by atoms with Gasteiger partial charge in [0.1, 0.15) is 0 Å². The van der Waals surface area contributed by atoms with E-state index in [2.05, 4.69) is 5.32 Å². The Morgan fingerprint density at radius 3 is 2.89 bits per heavy atom. The first-order chi connectivity index (χ1) is 8.52. The van der Waals surface area contributed by atoms with Crippen LogP contribution >= 0.6 is 0 Å². The fourth-order valence-electron chi connectivity index (χ4n) is 2.84. The summed E-state index contributed by atoms with van der Waals surface area (Å²) in [5.74, 6) is 0.157. The van der Waals surface area contributed by atoms with Crippen LogP contribution in [0.3, 0.4) is 0 Å². The molecule has 0 aromatic rings. The average Bonchev–Trinajstić information content (AvgIpc) is 2.37. The van der Waals surface area contributed by atoms with Crippen LogP contribution in [-0.4, -0.2) is 59.9 Å². The number of nitrogens with zero attached hydrogens (tertiary/aromatic N) is 1. The highest BCUT2D eigenvalue weighted by Gasteiger charge is 2.37. The molecule has 2 fully saturated rings. The molecule has 104 valence electrons. The zero-order chi connectivity index (χ0) is 13.2. The Morgan fingerprint density at radius 2 is 2.28 bits per heavy atom. The molecule has 0 aliphatic carbocycles. The Hall–Kier alpha value is -0.650. The maximum absolute atomic E-state index is 12.4. The lowest BCUT2D eigenvalue weighted by molar-refractivity contribution is -0.168. The van der Waals surface area contributed by atoms with Crippen LogP contribution in [0.1, 0.15) is 33.1 Å². The highest BCUT2D eigenvalue weighted by atomic mass is 16.5. The van der Waals surface area contributed by atoms with Gasteiger partial charge in [-0.15, -0.1) is 0 Å². The second-order valence-corrected chi connectivity index (χ2v) is 5.90. The van der Waals surface area contributed by atoms with E-state index in [9.17, 15) is 9.90 Å². The van der Waals surface area contributed by atoms with E-state index in [1.165, 1.54) is 0 Å². The Bertz CT molecular complexity index is 301. The van der Waals surface area contributed by atoms with Crippen molar-refractivity contribution >= 4 is 5.91 Å². The van der Waals surface area contributed by atoms with E-state index in [0.717, 1.165) is 25.8 Å². The molecule has 2 atom stereocenters. The first-order valence-corrected chi connectivity index (χ1v) is 6.83. The summed E-state index contributed by atoms with van der Waals surface area (Å²) < 4.78 is 5.73. The first kappa shape index (κ1) is 13.8. The van der Waals surface area contributed by atoms with Crippen LogP contribution in [0, 0.1) is 0 Å². The van der Waals surface area contributed by atoms with Gasteiger partial charge in [-0.3, -0.25) is 4.79 Å². The molecule has 5 heteroatoms. The maximum atomic E-state index is 12.4. The van der Waals surface area contributed by atoms with Gasteiger partial charge in [0.2, 0.25) is 5.91 Å². The number of amides is 1. The van der Waals surface area contributed by atoms with E-state index in [1.54, 1.807) is 0 Å². The molecule has 0 bridgehead atoms. The Morgan fingerprint density at radius 1 is 1.50 bits per heavy atom. The van der Waals surface area contributed by atoms with Crippen LogP contribution < -0.4 is 5.32 Å². The number of hydrogen-bond donors (Lipinski definition) is 2. The van der Waals surface area contributed by atoms with Crippen LogP contribution in [0.5, 0.6) is 0 Å². The van der Waals surface area contributed by atoms with Gasteiger partial charge in [-0.2, -0.15) is 0 Å². The van der Waals surface area contributed by atoms with Gasteiger partial charge in [0.15, 0.2) is 0 Å².